The van der Waals surface area contributed by atoms with Crippen LogP contribution in [0.2, 0.25) is 0 Å². The molecular weight excluding hydrogens is 246 g/mol. The molecule has 3 aromatic rings. The fourth-order valence-corrected chi connectivity index (χ4v) is 2.55. The first-order chi connectivity index (χ1) is 8.74. The van der Waals surface area contributed by atoms with Gasteiger partial charge in [-0.2, -0.15) is 0 Å². The van der Waals surface area contributed by atoms with Crippen molar-refractivity contribution in [2.45, 2.75) is 6.92 Å². The van der Waals surface area contributed by atoms with E-state index in [2.05, 4.69) is 9.97 Å². The first-order valence-electron chi connectivity index (χ1n) is 5.47. The molecule has 0 aliphatic carbocycles. The van der Waals surface area contributed by atoms with Crippen LogP contribution in [-0.2, 0) is 0 Å². The van der Waals surface area contributed by atoms with Crippen LogP contribution in [-0.4, -0.2) is 9.97 Å². The Hall–Kier alpha value is -2.14. The quantitative estimate of drug-likeness (QED) is 0.715. The molecule has 90 valence electrons. The summed E-state index contributed by atoms with van der Waals surface area (Å²) >= 11 is 1.62. The van der Waals surface area contributed by atoms with Crippen LogP contribution in [0.4, 0.5) is 5.69 Å². The summed E-state index contributed by atoms with van der Waals surface area (Å²) in [5, 5.41) is 0.920. The van der Waals surface area contributed by atoms with Crippen LogP contribution in [0.3, 0.4) is 0 Å². The fourth-order valence-electron chi connectivity index (χ4n) is 1.71. The predicted molar refractivity (Wildman–Crippen MR) is 73.1 cm³/mol. The molecule has 2 N–H and O–H groups in total. The zero-order valence-electron chi connectivity index (χ0n) is 9.75. The van der Waals surface area contributed by atoms with Crippen LogP contribution in [0, 0.1) is 6.92 Å². The Labute approximate surface area is 108 Å². The van der Waals surface area contributed by atoms with Gasteiger partial charge in [-0.3, -0.25) is 0 Å². The standard InChI is InChI=1S/C13H11N3OS/c1-8-6-9-12(15-7-16-13(9)18-8)17-11-5-3-2-4-10(11)14/h2-7H,14H2,1H3. The highest BCUT2D eigenvalue weighted by molar-refractivity contribution is 7.18. The Balaban J connectivity index is 2.07. The van der Waals surface area contributed by atoms with Crippen LogP contribution in [0.5, 0.6) is 11.6 Å². The number of hydrogen-bond donors (Lipinski definition) is 1. The minimum absolute atomic E-state index is 0.544. The van der Waals surface area contributed by atoms with E-state index in [1.165, 1.54) is 11.2 Å². The predicted octanol–water partition coefficient (Wildman–Crippen LogP) is 3.37. The molecule has 18 heavy (non-hydrogen) atoms. The van der Waals surface area contributed by atoms with E-state index in [4.69, 9.17) is 10.5 Å². The maximum absolute atomic E-state index is 5.85. The molecule has 3 rings (SSSR count). The number of nitrogens with two attached hydrogens (primary N) is 1. The van der Waals surface area contributed by atoms with E-state index in [0.717, 1.165) is 10.2 Å². The van der Waals surface area contributed by atoms with Crippen LogP contribution in [0.25, 0.3) is 10.2 Å². The Morgan fingerprint density at radius 1 is 1.22 bits per heavy atom. The molecule has 0 bridgehead atoms. The normalized spacial score (nSPS) is 10.7. The van der Waals surface area contributed by atoms with E-state index in [1.807, 2.05) is 31.2 Å². The molecule has 0 spiro atoms. The van der Waals surface area contributed by atoms with Gasteiger partial charge in [0.15, 0.2) is 5.75 Å². The molecule has 2 heterocycles. The number of para-hydroxylation sites is 2. The third-order valence-corrected chi connectivity index (χ3v) is 3.50. The molecule has 0 unspecified atom stereocenters. The second kappa shape index (κ2) is 4.27. The number of ether oxygens (including phenoxy) is 1. The Bertz CT molecular complexity index is 708. The lowest BCUT2D eigenvalue weighted by molar-refractivity contribution is 0.470. The molecule has 5 heteroatoms. The van der Waals surface area contributed by atoms with Gasteiger partial charge in [-0.25, -0.2) is 9.97 Å². The summed E-state index contributed by atoms with van der Waals surface area (Å²) in [5.41, 5.74) is 6.45. The zero-order chi connectivity index (χ0) is 12.5. The maximum Gasteiger partial charge on any atom is 0.231 e. The van der Waals surface area contributed by atoms with Crippen molar-refractivity contribution in [1.82, 2.24) is 9.97 Å². The van der Waals surface area contributed by atoms with Crippen molar-refractivity contribution in [3.63, 3.8) is 0 Å². The zero-order valence-corrected chi connectivity index (χ0v) is 10.6. The summed E-state index contributed by atoms with van der Waals surface area (Å²) in [6.07, 6.45) is 1.51. The Kier molecular flexibility index (Phi) is 2.60. The van der Waals surface area contributed by atoms with Crippen LogP contribution in [0.1, 0.15) is 4.88 Å². The van der Waals surface area contributed by atoms with Gasteiger partial charge in [-0.05, 0) is 25.1 Å². The van der Waals surface area contributed by atoms with Gasteiger partial charge in [0, 0.05) is 4.88 Å². The second-order valence-corrected chi connectivity index (χ2v) is 5.13. The average molecular weight is 257 g/mol. The van der Waals surface area contributed by atoms with Gasteiger partial charge in [0.2, 0.25) is 5.88 Å². The van der Waals surface area contributed by atoms with Gasteiger partial charge >= 0.3 is 0 Å². The number of benzene rings is 1. The number of aromatic nitrogens is 2. The van der Waals surface area contributed by atoms with Crippen molar-refractivity contribution >= 4 is 27.2 Å². The minimum atomic E-state index is 0.544. The molecule has 4 nitrogen and oxygen atoms in total. The monoisotopic (exact) mass is 257 g/mol. The van der Waals surface area contributed by atoms with E-state index in [-0.39, 0.29) is 0 Å². The first kappa shape index (κ1) is 11.0. The van der Waals surface area contributed by atoms with Crippen molar-refractivity contribution in [3.05, 3.63) is 41.5 Å². The summed E-state index contributed by atoms with van der Waals surface area (Å²) in [6, 6.07) is 9.39. The van der Waals surface area contributed by atoms with Crippen LogP contribution in [0.15, 0.2) is 36.7 Å². The van der Waals surface area contributed by atoms with E-state index < -0.39 is 0 Å². The summed E-state index contributed by atoms with van der Waals surface area (Å²) in [7, 11) is 0. The van der Waals surface area contributed by atoms with Gasteiger partial charge < -0.3 is 10.5 Å². The third-order valence-electron chi connectivity index (χ3n) is 2.54. The van der Waals surface area contributed by atoms with E-state index in [1.54, 1.807) is 17.4 Å². The van der Waals surface area contributed by atoms with Crippen molar-refractivity contribution in [3.8, 4) is 11.6 Å². The van der Waals surface area contributed by atoms with E-state index in [0.29, 0.717) is 17.3 Å². The summed E-state index contributed by atoms with van der Waals surface area (Å²) in [5.74, 6) is 1.16. The van der Waals surface area contributed by atoms with Crippen molar-refractivity contribution < 1.29 is 4.74 Å². The molecule has 0 aliphatic rings. The van der Waals surface area contributed by atoms with Crippen molar-refractivity contribution in [2.75, 3.05) is 5.73 Å². The third kappa shape index (κ3) is 1.89. The van der Waals surface area contributed by atoms with Crippen LogP contribution < -0.4 is 10.5 Å². The number of aryl methyl sites for hydroxylation is 1. The van der Waals surface area contributed by atoms with Gasteiger partial charge in [0.1, 0.15) is 11.2 Å². The Morgan fingerprint density at radius 2 is 2.06 bits per heavy atom. The van der Waals surface area contributed by atoms with Crippen LogP contribution >= 0.6 is 11.3 Å². The SMILES string of the molecule is Cc1cc2c(Oc3ccccc3N)ncnc2s1. The molecule has 0 saturated heterocycles. The lowest BCUT2D eigenvalue weighted by atomic mass is 10.3. The molecule has 0 radical (unpaired) electrons. The number of thiophene rings is 1. The lowest BCUT2D eigenvalue weighted by Crippen LogP contribution is -1.93. The molecule has 1 aromatic carbocycles. The minimum Gasteiger partial charge on any atom is -0.436 e. The number of hydrogen-bond acceptors (Lipinski definition) is 5. The molecule has 0 fully saturated rings. The lowest BCUT2D eigenvalue weighted by Gasteiger charge is -2.07. The van der Waals surface area contributed by atoms with Gasteiger partial charge in [-0.15, -0.1) is 11.3 Å². The molecular formula is C13H11N3OS. The summed E-state index contributed by atoms with van der Waals surface area (Å²) < 4.78 is 5.77. The smallest absolute Gasteiger partial charge is 0.231 e. The molecule has 0 amide bonds. The molecule has 0 atom stereocenters. The molecule has 0 aliphatic heterocycles. The highest BCUT2D eigenvalue weighted by Gasteiger charge is 2.10. The van der Waals surface area contributed by atoms with Gasteiger partial charge in [0.25, 0.3) is 0 Å². The van der Waals surface area contributed by atoms with E-state index in [9.17, 15) is 0 Å². The summed E-state index contributed by atoms with van der Waals surface area (Å²) in [6.45, 7) is 2.03. The van der Waals surface area contributed by atoms with Gasteiger partial charge in [0.05, 0.1) is 11.1 Å². The molecule has 2 aromatic heterocycles. The number of anilines is 1. The topological polar surface area (TPSA) is 61.0 Å². The largest absolute Gasteiger partial charge is 0.436 e. The van der Waals surface area contributed by atoms with E-state index >= 15 is 0 Å². The summed E-state index contributed by atoms with van der Waals surface area (Å²) in [4.78, 5) is 10.5. The van der Waals surface area contributed by atoms with Gasteiger partial charge in [-0.1, -0.05) is 12.1 Å². The van der Waals surface area contributed by atoms with Crippen molar-refractivity contribution in [1.29, 1.82) is 0 Å². The number of rotatable bonds is 2. The number of nitrogens with zero attached hydrogens (tertiary/aromatic N) is 2. The first-order valence-corrected chi connectivity index (χ1v) is 6.29. The van der Waals surface area contributed by atoms with Crippen molar-refractivity contribution in [2.24, 2.45) is 0 Å². The second-order valence-electron chi connectivity index (χ2n) is 3.89. The highest BCUT2D eigenvalue weighted by Crippen LogP contribution is 2.33. The number of nitrogen functional groups attached to an aromatic ring is 1. The Morgan fingerprint density at radius 3 is 2.89 bits per heavy atom. The fraction of sp³-hybridized carbons (Fsp3) is 0.0769. The average Bonchev–Trinajstić information content (AvgIpc) is 2.73. The molecule has 0 saturated carbocycles. The maximum atomic E-state index is 5.85. The number of fused-ring (bicyclic) bond motifs is 1. The highest BCUT2D eigenvalue weighted by atomic mass is 32.1.